The Labute approximate surface area is 184 Å². The molecule has 0 aliphatic heterocycles. The molecule has 3 aromatic heterocycles. The molecule has 1 fully saturated rings. The highest BCUT2D eigenvalue weighted by Gasteiger charge is 2.25. The summed E-state index contributed by atoms with van der Waals surface area (Å²) in [6, 6.07) is 14.3. The van der Waals surface area contributed by atoms with E-state index in [0.717, 1.165) is 39.2 Å². The van der Waals surface area contributed by atoms with E-state index in [2.05, 4.69) is 60.4 Å². The number of H-pyrrole nitrogens is 1. The molecule has 0 radical (unpaired) electrons. The van der Waals surface area contributed by atoms with Gasteiger partial charge in [-0.2, -0.15) is 5.10 Å². The number of aromatic amines is 1. The van der Waals surface area contributed by atoms with E-state index in [1.165, 1.54) is 18.5 Å². The Bertz CT molecular complexity index is 1410. The van der Waals surface area contributed by atoms with Gasteiger partial charge in [0.2, 0.25) is 0 Å². The van der Waals surface area contributed by atoms with E-state index in [-0.39, 0.29) is 12.6 Å². The third-order valence-corrected chi connectivity index (χ3v) is 6.15. The lowest BCUT2D eigenvalue weighted by molar-refractivity contribution is 0.239. The molecule has 3 heterocycles. The van der Waals surface area contributed by atoms with Crippen molar-refractivity contribution in [2.75, 3.05) is 6.61 Å². The Balaban J connectivity index is 1.41. The number of aliphatic hydroxyl groups is 1. The first-order valence-electron chi connectivity index (χ1n) is 10.8. The average Bonchev–Trinajstić information content (AvgIpc) is 3.22. The fourth-order valence-corrected chi connectivity index (χ4v) is 4.12. The maximum Gasteiger partial charge on any atom is 0.164 e. The Morgan fingerprint density at radius 3 is 2.88 bits per heavy atom. The van der Waals surface area contributed by atoms with Gasteiger partial charge in [0.25, 0.3) is 0 Å². The van der Waals surface area contributed by atoms with E-state index in [4.69, 9.17) is 0 Å². The van der Waals surface area contributed by atoms with Crippen LogP contribution in [0.25, 0.3) is 39.2 Å². The van der Waals surface area contributed by atoms with E-state index >= 15 is 0 Å². The number of hydrogen-bond donors (Lipinski definition) is 2. The van der Waals surface area contributed by atoms with Crippen molar-refractivity contribution < 1.29 is 5.11 Å². The first kappa shape index (κ1) is 18.9. The molecule has 6 rings (SSSR count). The first-order chi connectivity index (χ1) is 15.7. The summed E-state index contributed by atoms with van der Waals surface area (Å²) in [6.07, 6.45) is 8.16. The van der Waals surface area contributed by atoms with Crippen molar-refractivity contribution in [3.8, 4) is 28.3 Å². The zero-order chi connectivity index (χ0) is 21.7. The molecular weight excluding hydrogens is 402 g/mol. The molecule has 0 amide bonds. The zero-order valence-corrected chi connectivity index (χ0v) is 17.7. The van der Waals surface area contributed by atoms with E-state index in [1.54, 1.807) is 6.33 Å². The van der Waals surface area contributed by atoms with Crippen LogP contribution in [0.15, 0.2) is 61.3 Å². The SMILES string of the molecule is C[C@H](CO)n1cnnc1-c1ccc2[nH]nc(-c3cccc(-n4cnc(C5CC5)c4)c3)c2c1. The molecule has 0 spiro atoms. The molecule has 160 valence electrons. The predicted molar refractivity (Wildman–Crippen MR) is 121 cm³/mol. The smallest absolute Gasteiger partial charge is 0.164 e. The van der Waals surface area contributed by atoms with E-state index in [0.29, 0.717) is 5.92 Å². The number of fused-ring (bicyclic) bond motifs is 1. The number of aliphatic hydroxyl groups excluding tert-OH is 1. The van der Waals surface area contributed by atoms with Crippen molar-refractivity contribution in [2.24, 2.45) is 0 Å². The topological polar surface area (TPSA) is 97.4 Å². The number of imidazole rings is 1. The molecule has 1 saturated carbocycles. The van der Waals surface area contributed by atoms with Gasteiger partial charge in [0.05, 0.1) is 35.9 Å². The van der Waals surface area contributed by atoms with Gasteiger partial charge in [-0.05, 0) is 50.1 Å². The lowest BCUT2D eigenvalue weighted by atomic mass is 10.0. The summed E-state index contributed by atoms with van der Waals surface area (Å²) in [7, 11) is 0. The van der Waals surface area contributed by atoms with Crippen LogP contribution >= 0.6 is 0 Å². The minimum absolute atomic E-state index is 0.0216. The second kappa shape index (κ2) is 7.42. The van der Waals surface area contributed by atoms with Crippen molar-refractivity contribution in [1.29, 1.82) is 0 Å². The molecule has 0 bridgehead atoms. The lowest BCUT2D eigenvalue weighted by Gasteiger charge is -2.12. The molecule has 2 aromatic carbocycles. The van der Waals surface area contributed by atoms with E-state index in [9.17, 15) is 5.11 Å². The Kier molecular flexibility index (Phi) is 4.39. The molecule has 1 aliphatic carbocycles. The number of benzene rings is 2. The summed E-state index contributed by atoms with van der Waals surface area (Å²) in [4.78, 5) is 4.57. The number of nitrogens with zero attached hydrogens (tertiary/aromatic N) is 6. The van der Waals surface area contributed by atoms with Crippen LogP contribution in [0.4, 0.5) is 0 Å². The van der Waals surface area contributed by atoms with Crippen LogP contribution in [0.5, 0.6) is 0 Å². The molecule has 8 heteroatoms. The normalized spacial score (nSPS) is 14.8. The standard InChI is InChI=1S/C24H23N7O/c1-15(12-32)31-14-26-29-24(31)18-7-8-21-20(10-18)23(28-27-21)17-3-2-4-19(9-17)30-11-22(25-13-30)16-5-6-16/h2-4,7-11,13-16,32H,5-6,12H2,1H3,(H,27,28)/t15-/m1/s1. The Morgan fingerprint density at radius 2 is 2.03 bits per heavy atom. The van der Waals surface area contributed by atoms with Crippen molar-refractivity contribution >= 4 is 10.9 Å². The van der Waals surface area contributed by atoms with Crippen LogP contribution in [-0.2, 0) is 0 Å². The summed E-state index contributed by atoms with van der Waals surface area (Å²) in [5.41, 5.74) is 6.02. The van der Waals surface area contributed by atoms with Gasteiger partial charge in [0.1, 0.15) is 6.33 Å². The second-order valence-electron chi connectivity index (χ2n) is 8.46. The third kappa shape index (κ3) is 3.20. The fourth-order valence-electron chi connectivity index (χ4n) is 4.12. The number of aromatic nitrogens is 7. The van der Waals surface area contributed by atoms with Gasteiger partial charge in [-0.25, -0.2) is 4.98 Å². The highest BCUT2D eigenvalue weighted by Crippen LogP contribution is 2.39. The average molecular weight is 425 g/mol. The minimum Gasteiger partial charge on any atom is -0.394 e. The highest BCUT2D eigenvalue weighted by atomic mass is 16.3. The fraction of sp³-hybridized carbons (Fsp3) is 0.250. The van der Waals surface area contributed by atoms with Crippen molar-refractivity contribution in [3.63, 3.8) is 0 Å². The molecule has 1 aliphatic rings. The van der Waals surface area contributed by atoms with Crippen LogP contribution in [0.2, 0.25) is 0 Å². The summed E-state index contributed by atoms with van der Waals surface area (Å²) in [6.45, 7) is 1.96. The second-order valence-corrected chi connectivity index (χ2v) is 8.46. The van der Waals surface area contributed by atoms with Gasteiger partial charge in [-0.1, -0.05) is 12.1 Å². The number of rotatable bonds is 6. The molecule has 0 unspecified atom stereocenters. The third-order valence-electron chi connectivity index (χ3n) is 6.15. The summed E-state index contributed by atoms with van der Waals surface area (Å²) >= 11 is 0. The van der Waals surface area contributed by atoms with Crippen molar-refractivity contribution in [2.45, 2.75) is 31.7 Å². The summed E-state index contributed by atoms with van der Waals surface area (Å²) in [5.74, 6) is 1.35. The lowest BCUT2D eigenvalue weighted by Crippen LogP contribution is -2.09. The Morgan fingerprint density at radius 1 is 1.12 bits per heavy atom. The molecule has 5 aromatic rings. The molecule has 8 nitrogen and oxygen atoms in total. The summed E-state index contributed by atoms with van der Waals surface area (Å²) < 4.78 is 3.97. The van der Waals surface area contributed by atoms with Gasteiger partial charge in [0.15, 0.2) is 5.82 Å². The van der Waals surface area contributed by atoms with Gasteiger partial charge in [0, 0.05) is 34.3 Å². The largest absolute Gasteiger partial charge is 0.394 e. The quantitative estimate of drug-likeness (QED) is 0.427. The minimum atomic E-state index is -0.105. The first-order valence-corrected chi connectivity index (χ1v) is 10.8. The summed E-state index contributed by atoms with van der Waals surface area (Å²) in [5, 5.41) is 26.7. The van der Waals surface area contributed by atoms with Crippen molar-refractivity contribution in [3.05, 3.63) is 67.0 Å². The Hall–Kier alpha value is -3.78. The van der Waals surface area contributed by atoms with Crippen LogP contribution in [0.1, 0.15) is 37.4 Å². The molecule has 2 N–H and O–H groups in total. The van der Waals surface area contributed by atoms with Crippen LogP contribution in [0.3, 0.4) is 0 Å². The van der Waals surface area contributed by atoms with Gasteiger partial charge < -0.3 is 14.2 Å². The van der Waals surface area contributed by atoms with E-state index < -0.39 is 0 Å². The van der Waals surface area contributed by atoms with Gasteiger partial charge in [-0.3, -0.25) is 5.10 Å². The molecule has 1 atom stereocenters. The molecule has 0 saturated heterocycles. The predicted octanol–water partition coefficient (Wildman–Crippen LogP) is 4.10. The van der Waals surface area contributed by atoms with Gasteiger partial charge in [-0.15, -0.1) is 10.2 Å². The molecule has 32 heavy (non-hydrogen) atoms. The van der Waals surface area contributed by atoms with Crippen LogP contribution < -0.4 is 0 Å². The van der Waals surface area contributed by atoms with Crippen LogP contribution in [-0.4, -0.2) is 46.2 Å². The zero-order valence-electron chi connectivity index (χ0n) is 17.7. The van der Waals surface area contributed by atoms with Crippen LogP contribution in [0, 0.1) is 0 Å². The maximum atomic E-state index is 9.57. The van der Waals surface area contributed by atoms with E-state index in [1.807, 2.05) is 36.0 Å². The van der Waals surface area contributed by atoms with Gasteiger partial charge >= 0.3 is 0 Å². The number of nitrogens with one attached hydrogen (secondary N) is 1. The molecular formula is C24H23N7O. The monoisotopic (exact) mass is 425 g/mol. The highest BCUT2D eigenvalue weighted by molar-refractivity contribution is 5.95. The number of hydrogen-bond acceptors (Lipinski definition) is 5. The maximum absolute atomic E-state index is 9.57. The van der Waals surface area contributed by atoms with Crippen molar-refractivity contribution in [1.82, 2.24) is 34.5 Å².